The minimum absolute atomic E-state index is 0.457. The zero-order valence-corrected chi connectivity index (χ0v) is 15.5. The molecule has 2 rings (SSSR count). The van der Waals surface area contributed by atoms with Gasteiger partial charge in [-0.1, -0.05) is 55.8 Å². The summed E-state index contributed by atoms with van der Waals surface area (Å²) in [5.41, 5.74) is 1.40. The molecule has 1 aromatic rings. The van der Waals surface area contributed by atoms with Gasteiger partial charge < -0.3 is 5.32 Å². The summed E-state index contributed by atoms with van der Waals surface area (Å²) in [6.45, 7) is 13.9. The summed E-state index contributed by atoms with van der Waals surface area (Å²) in [6, 6.07) is 10.4. The van der Waals surface area contributed by atoms with Crippen LogP contribution in [0.3, 0.4) is 0 Å². The standard InChI is InChI=1S/C18H29BrN2/c1-12(2)17-11-21(18(10-20-17)13(3)4)14(5)15-7-6-8-16(19)9-15/h6-9,12-14,17-18,20H,10-11H2,1-5H3. The molecule has 1 aliphatic heterocycles. The summed E-state index contributed by atoms with van der Waals surface area (Å²) in [5, 5.41) is 3.75. The van der Waals surface area contributed by atoms with Gasteiger partial charge >= 0.3 is 0 Å². The van der Waals surface area contributed by atoms with E-state index in [-0.39, 0.29) is 0 Å². The van der Waals surface area contributed by atoms with Gasteiger partial charge in [-0.15, -0.1) is 0 Å². The number of hydrogen-bond donors (Lipinski definition) is 1. The molecule has 0 spiro atoms. The Kier molecular flexibility index (Phi) is 5.87. The minimum atomic E-state index is 0.457. The molecule has 0 aliphatic carbocycles. The number of nitrogens with zero attached hydrogens (tertiary/aromatic N) is 1. The van der Waals surface area contributed by atoms with E-state index in [2.05, 4.69) is 85.0 Å². The van der Waals surface area contributed by atoms with Crippen molar-refractivity contribution < 1.29 is 0 Å². The molecular weight excluding hydrogens is 324 g/mol. The molecule has 0 saturated carbocycles. The second kappa shape index (κ2) is 7.26. The first-order valence-corrected chi connectivity index (χ1v) is 8.94. The van der Waals surface area contributed by atoms with Crippen molar-refractivity contribution >= 4 is 15.9 Å². The molecule has 1 fully saturated rings. The summed E-state index contributed by atoms with van der Waals surface area (Å²) < 4.78 is 1.17. The molecule has 118 valence electrons. The highest BCUT2D eigenvalue weighted by Crippen LogP contribution is 2.30. The third-order valence-corrected chi connectivity index (χ3v) is 5.32. The van der Waals surface area contributed by atoms with Crippen LogP contribution in [0, 0.1) is 11.8 Å². The van der Waals surface area contributed by atoms with Gasteiger partial charge in [-0.25, -0.2) is 0 Å². The third-order valence-electron chi connectivity index (χ3n) is 4.83. The molecule has 21 heavy (non-hydrogen) atoms. The van der Waals surface area contributed by atoms with E-state index in [1.165, 1.54) is 10.0 Å². The van der Waals surface area contributed by atoms with E-state index in [4.69, 9.17) is 0 Å². The number of rotatable bonds is 4. The van der Waals surface area contributed by atoms with Crippen LogP contribution in [0.15, 0.2) is 28.7 Å². The van der Waals surface area contributed by atoms with Crippen molar-refractivity contribution in [3.63, 3.8) is 0 Å². The molecule has 3 unspecified atom stereocenters. The van der Waals surface area contributed by atoms with Crippen molar-refractivity contribution in [2.24, 2.45) is 11.8 Å². The molecular formula is C18H29BrN2. The summed E-state index contributed by atoms with van der Waals surface area (Å²) in [4.78, 5) is 2.70. The number of benzene rings is 1. The van der Waals surface area contributed by atoms with Crippen molar-refractivity contribution in [3.05, 3.63) is 34.3 Å². The average molecular weight is 353 g/mol. The van der Waals surface area contributed by atoms with Gasteiger partial charge in [0.15, 0.2) is 0 Å². The van der Waals surface area contributed by atoms with Crippen LogP contribution in [0.4, 0.5) is 0 Å². The number of nitrogens with one attached hydrogen (secondary N) is 1. The Labute approximate surface area is 138 Å². The largest absolute Gasteiger partial charge is 0.311 e. The van der Waals surface area contributed by atoms with Crippen molar-refractivity contribution in [1.29, 1.82) is 0 Å². The van der Waals surface area contributed by atoms with Crippen LogP contribution in [-0.2, 0) is 0 Å². The van der Waals surface area contributed by atoms with E-state index in [1.54, 1.807) is 0 Å². The van der Waals surface area contributed by atoms with E-state index >= 15 is 0 Å². The van der Waals surface area contributed by atoms with Gasteiger partial charge in [-0.2, -0.15) is 0 Å². The Morgan fingerprint density at radius 3 is 2.43 bits per heavy atom. The lowest BCUT2D eigenvalue weighted by Crippen LogP contribution is -2.60. The third kappa shape index (κ3) is 4.08. The summed E-state index contributed by atoms with van der Waals surface area (Å²) >= 11 is 3.60. The Morgan fingerprint density at radius 1 is 1.14 bits per heavy atom. The maximum Gasteiger partial charge on any atom is 0.0324 e. The van der Waals surface area contributed by atoms with E-state index in [0.29, 0.717) is 30.0 Å². The van der Waals surface area contributed by atoms with Crippen LogP contribution in [0.1, 0.15) is 46.2 Å². The fourth-order valence-corrected chi connectivity index (χ4v) is 3.70. The number of hydrogen-bond acceptors (Lipinski definition) is 2. The second-order valence-corrected chi connectivity index (χ2v) is 7.91. The van der Waals surface area contributed by atoms with E-state index in [0.717, 1.165) is 13.1 Å². The number of piperazine rings is 1. The van der Waals surface area contributed by atoms with Gasteiger partial charge in [-0.3, -0.25) is 4.90 Å². The smallest absolute Gasteiger partial charge is 0.0324 e. The van der Waals surface area contributed by atoms with Crippen LogP contribution in [-0.4, -0.2) is 30.1 Å². The van der Waals surface area contributed by atoms with Crippen LogP contribution in [0.5, 0.6) is 0 Å². The van der Waals surface area contributed by atoms with Crippen molar-refractivity contribution in [2.75, 3.05) is 13.1 Å². The van der Waals surface area contributed by atoms with Crippen molar-refractivity contribution in [3.8, 4) is 0 Å². The topological polar surface area (TPSA) is 15.3 Å². The van der Waals surface area contributed by atoms with E-state index < -0.39 is 0 Å². The molecule has 1 saturated heterocycles. The van der Waals surface area contributed by atoms with Gasteiger partial charge in [0.05, 0.1) is 0 Å². The fraction of sp³-hybridized carbons (Fsp3) is 0.667. The van der Waals surface area contributed by atoms with Crippen molar-refractivity contribution in [1.82, 2.24) is 10.2 Å². The zero-order valence-electron chi connectivity index (χ0n) is 13.9. The molecule has 3 atom stereocenters. The first kappa shape index (κ1) is 17.0. The van der Waals surface area contributed by atoms with E-state index in [9.17, 15) is 0 Å². The number of halogens is 1. The predicted octanol–water partition coefficient (Wildman–Crippen LogP) is 4.46. The molecule has 0 bridgehead atoms. The zero-order chi connectivity index (χ0) is 15.6. The molecule has 1 heterocycles. The van der Waals surface area contributed by atoms with Crippen LogP contribution >= 0.6 is 15.9 Å². The highest BCUT2D eigenvalue weighted by Gasteiger charge is 2.34. The first-order valence-electron chi connectivity index (χ1n) is 8.14. The molecule has 1 aliphatic rings. The minimum Gasteiger partial charge on any atom is -0.311 e. The Balaban J connectivity index is 2.22. The molecule has 0 radical (unpaired) electrons. The molecule has 1 aromatic carbocycles. The van der Waals surface area contributed by atoms with Gasteiger partial charge in [0.2, 0.25) is 0 Å². The maximum absolute atomic E-state index is 3.75. The maximum atomic E-state index is 3.75. The Hall–Kier alpha value is -0.380. The SMILES string of the molecule is CC(C)C1CN(C(C)c2cccc(Br)c2)C(C(C)C)CN1. The highest BCUT2D eigenvalue weighted by atomic mass is 79.9. The first-order chi connectivity index (χ1) is 9.90. The second-order valence-electron chi connectivity index (χ2n) is 7.00. The lowest BCUT2D eigenvalue weighted by atomic mass is 9.91. The fourth-order valence-electron chi connectivity index (χ4n) is 3.28. The predicted molar refractivity (Wildman–Crippen MR) is 94.5 cm³/mol. The Bertz CT molecular complexity index is 458. The Morgan fingerprint density at radius 2 is 1.86 bits per heavy atom. The summed E-state index contributed by atoms with van der Waals surface area (Å²) in [5.74, 6) is 1.34. The lowest BCUT2D eigenvalue weighted by molar-refractivity contribution is 0.0513. The van der Waals surface area contributed by atoms with Gasteiger partial charge in [0, 0.05) is 35.7 Å². The normalized spacial score (nSPS) is 25.5. The average Bonchev–Trinajstić information content (AvgIpc) is 2.45. The van der Waals surface area contributed by atoms with Crippen LogP contribution in [0.25, 0.3) is 0 Å². The lowest BCUT2D eigenvalue weighted by Gasteiger charge is -2.46. The van der Waals surface area contributed by atoms with Crippen molar-refractivity contribution in [2.45, 2.75) is 52.7 Å². The summed E-state index contributed by atoms with van der Waals surface area (Å²) in [7, 11) is 0. The molecule has 3 heteroatoms. The van der Waals surface area contributed by atoms with Gasteiger partial charge in [-0.05, 0) is 36.5 Å². The monoisotopic (exact) mass is 352 g/mol. The molecule has 0 aromatic heterocycles. The molecule has 1 N–H and O–H groups in total. The molecule has 2 nitrogen and oxygen atoms in total. The quantitative estimate of drug-likeness (QED) is 0.860. The van der Waals surface area contributed by atoms with Crippen LogP contribution in [0.2, 0.25) is 0 Å². The van der Waals surface area contributed by atoms with E-state index in [1.807, 2.05) is 0 Å². The van der Waals surface area contributed by atoms with Gasteiger partial charge in [0.25, 0.3) is 0 Å². The highest BCUT2D eigenvalue weighted by molar-refractivity contribution is 9.10. The van der Waals surface area contributed by atoms with Crippen LogP contribution < -0.4 is 5.32 Å². The van der Waals surface area contributed by atoms with Gasteiger partial charge in [0.1, 0.15) is 0 Å². The summed E-state index contributed by atoms with van der Waals surface area (Å²) in [6.07, 6.45) is 0. The molecule has 0 amide bonds.